The monoisotopic (exact) mass is 172 g/mol. The molecule has 1 aromatic heterocycles. The summed E-state index contributed by atoms with van der Waals surface area (Å²) in [5.41, 5.74) is 1.78. The van der Waals surface area contributed by atoms with E-state index < -0.39 is 5.97 Å². The van der Waals surface area contributed by atoms with Crippen molar-refractivity contribution in [3.05, 3.63) is 11.8 Å². The van der Waals surface area contributed by atoms with Crippen molar-refractivity contribution in [2.45, 2.75) is 6.92 Å². The van der Waals surface area contributed by atoms with Crippen molar-refractivity contribution in [3.8, 4) is 0 Å². The number of anilines is 1. The zero-order chi connectivity index (χ0) is 8.97. The number of hydrogen-bond donors (Lipinski definition) is 2. The standard InChI is InChI=1S/C6H8N2O4/c1-2-11-6(9)4-3-12-8-5(4)7-10/h3,10H,2H2,1H3,(H,7,8). The van der Waals surface area contributed by atoms with Crippen LogP contribution in [-0.2, 0) is 4.74 Å². The minimum absolute atomic E-state index is 0.0477. The first-order valence-electron chi connectivity index (χ1n) is 3.31. The summed E-state index contributed by atoms with van der Waals surface area (Å²) >= 11 is 0. The molecule has 0 aliphatic carbocycles. The third-order valence-corrected chi connectivity index (χ3v) is 1.17. The average Bonchev–Trinajstić information content (AvgIpc) is 2.51. The quantitative estimate of drug-likeness (QED) is 0.514. The Labute approximate surface area is 68.1 Å². The first-order valence-corrected chi connectivity index (χ1v) is 3.31. The van der Waals surface area contributed by atoms with E-state index in [1.165, 1.54) is 0 Å². The number of rotatable bonds is 3. The van der Waals surface area contributed by atoms with E-state index in [0.29, 0.717) is 0 Å². The van der Waals surface area contributed by atoms with Crippen molar-refractivity contribution < 1.29 is 19.3 Å². The largest absolute Gasteiger partial charge is 0.462 e. The van der Waals surface area contributed by atoms with Gasteiger partial charge in [-0.05, 0) is 6.92 Å². The highest BCUT2D eigenvalue weighted by Crippen LogP contribution is 2.12. The Morgan fingerprint density at radius 1 is 1.92 bits per heavy atom. The van der Waals surface area contributed by atoms with Crippen molar-refractivity contribution >= 4 is 11.8 Å². The van der Waals surface area contributed by atoms with Crippen LogP contribution in [0.25, 0.3) is 0 Å². The zero-order valence-corrected chi connectivity index (χ0v) is 6.40. The van der Waals surface area contributed by atoms with Gasteiger partial charge < -0.3 is 9.26 Å². The first-order chi connectivity index (χ1) is 5.79. The molecule has 0 saturated carbocycles. The molecular weight excluding hydrogens is 164 g/mol. The van der Waals surface area contributed by atoms with Gasteiger partial charge in [0, 0.05) is 0 Å². The van der Waals surface area contributed by atoms with Crippen LogP contribution in [0.15, 0.2) is 10.8 Å². The van der Waals surface area contributed by atoms with Gasteiger partial charge in [-0.1, -0.05) is 5.16 Å². The number of carbonyl (C=O) groups excluding carboxylic acids is 1. The van der Waals surface area contributed by atoms with Crippen LogP contribution >= 0.6 is 0 Å². The smallest absolute Gasteiger partial charge is 0.345 e. The minimum Gasteiger partial charge on any atom is -0.462 e. The number of aromatic nitrogens is 1. The molecular formula is C6H8N2O4. The van der Waals surface area contributed by atoms with Gasteiger partial charge in [0.15, 0.2) is 0 Å². The molecule has 0 atom stereocenters. The molecule has 66 valence electrons. The summed E-state index contributed by atoms with van der Waals surface area (Å²) in [6.07, 6.45) is 1.09. The molecule has 0 radical (unpaired) electrons. The van der Waals surface area contributed by atoms with E-state index in [0.717, 1.165) is 6.26 Å². The van der Waals surface area contributed by atoms with Crippen molar-refractivity contribution in [2.24, 2.45) is 0 Å². The normalized spacial score (nSPS) is 9.50. The van der Waals surface area contributed by atoms with Gasteiger partial charge in [0.2, 0.25) is 5.82 Å². The molecule has 1 heterocycles. The van der Waals surface area contributed by atoms with Gasteiger partial charge >= 0.3 is 5.97 Å². The van der Waals surface area contributed by atoms with E-state index in [-0.39, 0.29) is 18.0 Å². The molecule has 0 saturated heterocycles. The third-order valence-electron chi connectivity index (χ3n) is 1.17. The maximum absolute atomic E-state index is 11.0. The van der Waals surface area contributed by atoms with Gasteiger partial charge in [0.25, 0.3) is 0 Å². The van der Waals surface area contributed by atoms with Gasteiger partial charge in [-0.2, -0.15) is 0 Å². The molecule has 0 aromatic carbocycles. The van der Waals surface area contributed by atoms with Gasteiger partial charge in [0.1, 0.15) is 11.8 Å². The predicted molar refractivity (Wildman–Crippen MR) is 37.9 cm³/mol. The molecule has 0 spiro atoms. The summed E-state index contributed by atoms with van der Waals surface area (Å²) in [5, 5.41) is 11.7. The maximum Gasteiger partial charge on any atom is 0.345 e. The summed E-state index contributed by atoms with van der Waals surface area (Å²) in [5.74, 6) is -0.635. The second-order valence-corrected chi connectivity index (χ2v) is 1.91. The maximum atomic E-state index is 11.0. The Morgan fingerprint density at radius 3 is 3.25 bits per heavy atom. The fourth-order valence-corrected chi connectivity index (χ4v) is 0.671. The van der Waals surface area contributed by atoms with Crippen molar-refractivity contribution in [3.63, 3.8) is 0 Å². The molecule has 12 heavy (non-hydrogen) atoms. The highest BCUT2D eigenvalue weighted by molar-refractivity contribution is 5.93. The SMILES string of the molecule is CCOC(=O)c1conc1NO. The third kappa shape index (κ3) is 1.54. The highest BCUT2D eigenvalue weighted by Gasteiger charge is 2.15. The number of nitrogens with one attached hydrogen (secondary N) is 1. The Balaban J connectivity index is 2.79. The first kappa shape index (κ1) is 8.54. The van der Waals surface area contributed by atoms with Gasteiger partial charge in [-0.25, -0.2) is 10.3 Å². The summed E-state index contributed by atoms with van der Waals surface area (Å²) in [6, 6.07) is 0. The minimum atomic E-state index is -0.588. The number of hydrogen-bond acceptors (Lipinski definition) is 6. The fourth-order valence-electron chi connectivity index (χ4n) is 0.671. The lowest BCUT2D eigenvalue weighted by atomic mass is 10.3. The van der Waals surface area contributed by atoms with E-state index >= 15 is 0 Å². The Kier molecular flexibility index (Phi) is 2.65. The molecule has 1 aromatic rings. The molecule has 0 bridgehead atoms. The summed E-state index contributed by atoms with van der Waals surface area (Å²) in [7, 11) is 0. The zero-order valence-electron chi connectivity index (χ0n) is 6.40. The van der Waals surface area contributed by atoms with Gasteiger partial charge in [0.05, 0.1) is 6.61 Å². The number of esters is 1. The molecule has 6 nitrogen and oxygen atoms in total. The molecule has 6 heteroatoms. The number of nitrogens with zero attached hydrogens (tertiary/aromatic N) is 1. The lowest BCUT2D eigenvalue weighted by Crippen LogP contribution is -2.06. The predicted octanol–water partition coefficient (Wildman–Crippen LogP) is 0.652. The lowest BCUT2D eigenvalue weighted by molar-refractivity contribution is 0.0526. The average molecular weight is 172 g/mol. The summed E-state index contributed by atoms with van der Waals surface area (Å²) < 4.78 is 9.07. The molecule has 1 rings (SSSR count). The van der Waals surface area contributed by atoms with E-state index in [1.54, 1.807) is 12.4 Å². The van der Waals surface area contributed by atoms with Crippen LogP contribution in [0.4, 0.5) is 5.82 Å². The molecule has 0 fully saturated rings. The van der Waals surface area contributed by atoms with Crippen LogP contribution in [0.2, 0.25) is 0 Å². The number of carbonyl (C=O) groups is 1. The van der Waals surface area contributed by atoms with Crippen molar-refractivity contribution in [1.29, 1.82) is 0 Å². The Morgan fingerprint density at radius 2 is 2.67 bits per heavy atom. The van der Waals surface area contributed by atoms with E-state index in [4.69, 9.17) is 5.21 Å². The second-order valence-electron chi connectivity index (χ2n) is 1.91. The molecule has 0 aliphatic rings. The Hall–Kier alpha value is -1.56. The number of ether oxygens (including phenoxy) is 1. The van der Waals surface area contributed by atoms with Crippen LogP contribution in [0.1, 0.15) is 17.3 Å². The van der Waals surface area contributed by atoms with E-state index in [1.807, 2.05) is 0 Å². The molecule has 0 unspecified atom stereocenters. The van der Waals surface area contributed by atoms with E-state index in [2.05, 4.69) is 14.4 Å². The van der Waals surface area contributed by atoms with Gasteiger partial charge in [-0.15, -0.1) is 0 Å². The highest BCUT2D eigenvalue weighted by atomic mass is 16.5. The van der Waals surface area contributed by atoms with Crippen LogP contribution < -0.4 is 5.48 Å². The van der Waals surface area contributed by atoms with Gasteiger partial charge in [-0.3, -0.25) is 5.21 Å². The van der Waals surface area contributed by atoms with Crippen molar-refractivity contribution in [1.82, 2.24) is 5.16 Å². The second kappa shape index (κ2) is 3.72. The van der Waals surface area contributed by atoms with Crippen LogP contribution in [0.5, 0.6) is 0 Å². The van der Waals surface area contributed by atoms with Crippen LogP contribution in [-0.4, -0.2) is 22.9 Å². The van der Waals surface area contributed by atoms with E-state index in [9.17, 15) is 4.79 Å². The lowest BCUT2D eigenvalue weighted by Gasteiger charge is -1.98. The summed E-state index contributed by atoms with van der Waals surface area (Å²) in [4.78, 5) is 11.0. The Bertz CT molecular complexity index is 270. The van der Waals surface area contributed by atoms with Crippen LogP contribution in [0, 0.1) is 0 Å². The molecule has 0 amide bonds. The topological polar surface area (TPSA) is 84.6 Å². The van der Waals surface area contributed by atoms with Crippen LogP contribution in [0.3, 0.4) is 0 Å². The molecule has 0 aliphatic heterocycles. The van der Waals surface area contributed by atoms with Crippen molar-refractivity contribution in [2.75, 3.05) is 12.1 Å². The summed E-state index contributed by atoms with van der Waals surface area (Å²) in [6.45, 7) is 1.94. The fraction of sp³-hybridized carbons (Fsp3) is 0.333. The molecule has 2 N–H and O–H groups in total.